The fourth-order valence-electron chi connectivity index (χ4n) is 1.98. The molecule has 0 saturated carbocycles. The molecule has 0 radical (unpaired) electrons. The normalized spacial score (nSPS) is 10.9. The van der Waals surface area contributed by atoms with E-state index in [0.717, 1.165) is 0 Å². The highest BCUT2D eigenvalue weighted by molar-refractivity contribution is 8.93. The molecule has 0 aliphatic heterocycles. The molecule has 2 heteroatoms. The first kappa shape index (κ1) is 15.1. The molecule has 1 rings (SSSR count). The molecule has 0 amide bonds. The number of hydrogen-bond acceptors (Lipinski definition) is 0. The summed E-state index contributed by atoms with van der Waals surface area (Å²) in [6, 6.07) is 11.0. The molecule has 0 bridgehead atoms. The van der Waals surface area contributed by atoms with Crippen molar-refractivity contribution < 1.29 is 0 Å². The van der Waals surface area contributed by atoms with Crippen molar-refractivity contribution in [1.29, 1.82) is 0 Å². The van der Waals surface area contributed by atoms with Crippen LogP contribution in [0.4, 0.5) is 0 Å². The Morgan fingerprint density at radius 3 is 1.73 bits per heavy atom. The van der Waals surface area contributed by atoms with Gasteiger partial charge in [0.25, 0.3) is 0 Å². The zero-order valence-electron chi connectivity index (χ0n) is 10.1. The van der Waals surface area contributed by atoms with E-state index in [4.69, 9.17) is 0 Å². The van der Waals surface area contributed by atoms with E-state index in [1.165, 1.54) is 30.2 Å². The second kappa shape index (κ2) is 7.41. The predicted molar refractivity (Wildman–Crippen MR) is 79.0 cm³/mol. The first-order chi connectivity index (χ1) is 6.76. The average molecular weight is 290 g/mol. The monoisotopic (exact) mass is 289 g/mol. The summed E-state index contributed by atoms with van der Waals surface area (Å²) in [6.45, 7) is 7.09. The van der Waals surface area contributed by atoms with Crippen molar-refractivity contribution in [3.05, 3.63) is 35.9 Å². The minimum absolute atomic E-state index is 0. The molecule has 0 fully saturated rings. The third-order valence-electron chi connectivity index (χ3n) is 3.37. The van der Waals surface area contributed by atoms with Crippen LogP contribution in [0.25, 0.3) is 0 Å². The predicted octanol–water partition coefficient (Wildman–Crippen LogP) is 4.84. The van der Waals surface area contributed by atoms with E-state index in [0.29, 0.717) is 0 Å². The van der Waals surface area contributed by atoms with Crippen molar-refractivity contribution in [2.45, 2.75) is 26.9 Å². The SMILES string of the molecule is Br.CC[P+](CC)(CC)Cc1ccccc1. The zero-order valence-corrected chi connectivity index (χ0v) is 12.7. The lowest BCUT2D eigenvalue weighted by molar-refractivity contribution is 1.22. The largest absolute Gasteiger partial charge is 0.114 e. The van der Waals surface area contributed by atoms with Crippen LogP contribution in [-0.2, 0) is 6.16 Å². The molecule has 0 nitrogen and oxygen atoms in total. The van der Waals surface area contributed by atoms with Crippen molar-refractivity contribution in [2.75, 3.05) is 18.5 Å². The smallest absolute Gasteiger partial charge is 0.0842 e. The topological polar surface area (TPSA) is 0 Å². The molecule has 0 aliphatic carbocycles. The molecule has 1 aromatic carbocycles. The van der Waals surface area contributed by atoms with Crippen LogP contribution < -0.4 is 0 Å². The summed E-state index contributed by atoms with van der Waals surface area (Å²) in [6.07, 6.45) is 5.54. The maximum atomic E-state index is 2.36. The molecule has 0 aromatic heterocycles. The van der Waals surface area contributed by atoms with Gasteiger partial charge in [0.2, 0.25) is 0 Å². The Morgan fingerprint density at radius 2 is 1.33 bits per heavy atom. The van der Waals surface area contributed by atoms with Gasteiger partial charge in [-0.2, -0.15) is 0 Å². The maximum Gasteiger partial charge on any atom is 0.0842 e. The molecule has 15 heavy (non-hydrogen) atoms. The summed E-state index contributed by atoms with van der Waals surface area (Å²) in [5, 5.41) is 0. The number of rotatable bonds is 5. The van der Waals surface area contributed by atoms with Crippen LogP contribution in [0, 0.1) is 0 Å². The zero-order chi connectivity index (χ0) is 10.4. The van der Waals surface area contributed by atoms with Crippen molar-refractivity contribution in [2.24, 2.45) is 0 Å². The Morgan fingerprint density at radius 1 is 0.867 bits per heavy atom. The molecule has 1 aromatic rings. The highest BCUT2D eigenvalue weighted by atomic mass is 79.9. The molecular formula is C13H23BrP+. The lowest BCUT2D eigenvalue weighted by atomic mass is 10.2. The molecule has 86 valence electrons. The Balaban J connectivity index is 0.00000196. The Kier molecular flexibility index (Phi) is 7.48. The molecule has 0 N–H and O–H groups in total. The third-order valence-corrected chi connectivity index (χ3v) is 8.43. The Hall–Kier alpha value is 0.130. The van der Waals surface area contributed by atoms with Crippen LogP contribution in [0.3, 0.4) is 0 Å². The molecule has 0 unspecified atom stereocenters. The summed E-state index contributed by atoms with van der Waals surface area (Å²) < 4.78 is 0. The van der Waals surface area contributed by atoms with Crippen LogP contribution in [0.5, 0.6) is 0 Å². The van der Waals surface area contributed by atoms with Crippen LogP contribution in [0.15, 0.2) is 30.3 Å². The van der Waals surface area contributed by atoms with E-state index in [9.17, 15) is 0 Å². The summed E-state index contributed by atoms with van der Waals surface area (Å²) in [5.74, 6) is 0. The quantitative estimate of drug-likeness (QED) is 0.681. The van der Waals surface area contributed by atoms with Crippen LogP contribution in [0.1, 0.15) is 26.3 Å². The van der Waals surface area contributed by atoms with Gasteiger partial charge in [-0.3, -0.25) is 0 Å². The number of hydrogen-bond donors (Lipinski definition) is 0. The van der Waals surface area contributed by atoms with Gasteiger partial charge in [-0.1, -0.05) is 30.3 Å². The van der Waals surface area contributed by atoms with E-state index in [2.05, 4.69) is 51.1 Å². The van der Waals surface area contributed by atoms with Crippen molar-refractivity contribution in [1.82, 2.24) is 0 Å². The van der Waals surface area contributed by atoms with Crippen LogP contribution in [0.2, 0.25) is 0 Å². The average Bonchev–Trinajstić information content (AvgIpc) is 2.28. The first-order valence-corrected chi connectivity index (χ1v) is 8.18. The van der Waals surface area contributed by atoms with Gasteiger partial charge < -0.3 is 0 Å². The van der Waals surface area contributed by atoms with Gasteiger partial charge >= 0.3 is 0 Å². The summed E-state index contributed by atoms with van der Waals surface area (Å²) in [4.78, 5) is 0. The maximum absolute atomic E-state index is 2.36. The van der Waals surface area contributed by atoms with E-state index in [-0.39, 0.29) is 17.0 Å². The van der Waals surface area contributed by atoms with Crippen molar-refractivity contribution >= 4 is 24.2 Å². The third kappa shape index (κ3) is 4.25. The fraction of sp³-hybridized carbons (Fsp3) is 0.538. The second-order valence-corrected chi connectivity index (χ2v) is 8.83. The first-order valence-electron chi connectivity index (χ1n) is 5.65. The number of benzene rings is 1. The summed E-state index contributed by atoms with van der Waals surface area (Å²) in [5.41, 5.74) is 1.53. The number of halogens is 1. The minimum Gasteiger partial charge on any atom is -0.114 e. The van der Waals surface area contributed by atoms with Crippen LogP contribution in [-0.4, -0.2) is 18.5 Å². The molecule has 0 heterocycles. The van der Waals surface area contributed by atoms with Gasteiger partial charge in [0.1, 0.15) is 0 Å². The highest BCUT2D eigenvalue weighted by Crippen LogP contribution is 2.60. The van der Waals surface area contributed by atoms with Gasteiger partial charge in [-0.25, -0.2) is 0 Å². The molecule has 0 saturated heterocycles. The standard InChI is InChI=1S/C13H22P.BrH/c1-4-14(5-2,6-3)12-13-10-8-7-9-11-13;/h7-11H,4-6,12H2,1-3H3;1H/q+1;. The molecule has 0 aliphatic rings. The van der Waals surface area contributed by atoms with E-state index in [1.54, 1.807) is 0 Å². The molecular weight excluding hydrogens is 267 g/mol. The second-order valence-electron chi connectivity index (χ2n) is 3.93. The summed E-state index contributed by atoms with van der Waals surface area (Å²) in [7, 11) is -0.661. The van der Waals surface area contributed by atoms with Crippen molar-refractivity contribution in [3.8, 4) is 0 Å². The van der Waals surface area contributed by atoms with Crippen LogP contribution >= 0.6 is 24.2 Å². The van der Waals surface area contributed by atoms with Gasteiger partial charge in [-0.05, 0) is 26.3 Å². The minimum atomic E-state index is -0.661. The van der Waals surface area contributed by atoms with Gasteiger partial charge in [0.05, 0.1) is 24.6 Å². The van der Waals surface area contributed by atoms with E-state index in [1.807, 2.05) is 0 Å². The van der Waals surface area contributed by atoms with E-state index >= 15 is 0 Å². The Labute approximate surface area is 106 Å². The molecule has 0 atom stereocenters. The van der Waals surface area contributed by atoms with Gasteiger partial charge in [0.15, 0.2) is 0 Å². The Bertz CT molecular complexity index is 246. The van der Waals surface area contributed by atoms with Gasteiger partial charge in [0, 0.05) is 7.26 Å². The van der Waals surface area contributed by atoms with Gasteiger partial charge in [-0.15, -0.1) is 17.0 Å². The molecule has 0 spiro atoms. The fourth-order valence-corrected chi connectivity index (χ4v) is 4.97. The van der Waals surface area contributed by atoms with Crippen molar-refractivity contribution in [3.63, 3.8) is 0 Å². The highest BCUT2D eigenvalue weighted by Gasteiger charge is 2.30. The van der Waals surface area contributed by atoms with E-state index < -0.39 is 7.26 Å². The summed E-state index contributed by atoms with van der Waals surface area (Å²) >= 11 is 0. The lowest BCUT2D eigenvalue weighted by Gasteiger charge is -2.23. The lowest BCUT2D eigenvalue weighted by Crippen LogP contribution is -2.05.